The molecule has 5 atom stereocenters. The van der Waals surface area contributed by atoms with Crippen LogP contribution < -0.4 is 11.1 Å². The largest absolute Gasteiger partial charge is 0.493 e. The van der Waals surface area contributed by atoms with E-state index in [2.05, 4.69) is 10.3 Å². The van der Waals surface area contributed by atoms with Crippen LogP contribution in [-0.4, -0.2) is 56.4 Å². The summed E-state index contributed by atoms with van der Waals surface area (Å²) in [4.78, 5) is 9.40. The summed E-state index contributed by atoms with van der Waals surface area (Å²) in [6.07, 6.45) is 0.381. The van der Waals surface area contributed by atoms with Gasteiger partial charge in [0, 0.05) is 42.1 Å². The van der Waals surface area contributed by atoms with Gasteiger partial charge in [0.05, 0.1) is 32.3 Å². The van der Waals surface area contributed by atoms with Crippen molar-refractivity contribution < 1.29 is 27.4 Å². The van der Waals surface area contributed by atoms with Crippen molar-refractivity contribution in [1.29, 1.82) is 0 Å². The topological polar surface area (TPSA) is 90.5 Å². The van der Waals surface area contributed by atoms with Crippen molar-refractivity contribution in [3.8, 4) is 0 Å². The van der Waals surface area contributed by atoms with Gasteiger partial charge in [-0.1, -0.05) is 6.08 Å². The number of nitrogens with two attached hydrogens (primary N) is 1. The molecule has 0 radical (unpaired) electrons. The first kappa shape index (κ1) is 23.8. The molecule has 0 aromatic carbocycles. The third-order valence-corrected chi connectivity index (χ3v) is 6.45. The molecule has 5 unspecified atom stereocenters. The summed E-state index contributed by atoms with van der Waals surface area (Å²) in [5.41, 5.74) is 6.27. The van der Waals surface area contributed by atoms with Crippen molar-refractivity contribution in [2.24, 2.45) is 27.6 Å². The maximum atomic E-state index is 13.3. The van der Waals surface area contributed by atoms with E-state index in [1.54, 1.807) is 7.11 Å². The number of halogens is 3. The highest BCUT2D eigenvalue weighted by molar-refractivity contribution is 6.02. The molecule has 0 spiro atoms. The van der Waals surface area contributed by atoms with Crippen LogP contribution >= 0.6 is 0 Å². The zero-order valence-corrected chi connectivity index (χ0v) is 19.1. The fourth-order valence-electron chi connectivity index (χ4n) is 4.72. The molecule has 0 aromatic heterocycles. The molecule has 2 aliphatic heterocycles. The molecule has 3 N–H and O–H groups in total. The minimum Gasteiger partial charge on any atom is -0.493 e. The lowest BCUT2D eigenvalue weighted by atomic mass is 9.83. The average Bonchev–Trinajstić information content (AvgIpc) is 3.25. The van der Waals surface area contributed by atoms with Crippen LogP contribution in [0.4, 0.5) is 13.2 Å². The molecule has 0 aromatic rings. The summed E-state index contributed by atoms with van der Waals surface area (Å²) in [6.45, 7) is 4.85. The quantitative estimate of drug-likeness (QED) is 0.602. The lowest BCUT2D eigenvalue weighted by Crippen LogP contribution is -2.39. The van der Waals surface area contributed by atoms with Crippen molar-refractivity contribution >= 4 is 11.7 Å². The van der Waals surface area contributed by atoms with Gasteiger partial charge in [0.1, 0.15) is 23.5 Å². The Morgan fingerprint density at radius 3 is 2.79 bits per heavy atom. The Balaban J connectivity index is 1.59. The van der Waals surface area contributed by atoms with Gasteiger partial charge in [-0.2, -0.15) is 13.2 Å². The smallest absolute Gasteiger partial charge is 0.412 e. The number of rotatable bonds is 5. The number of allylic oxidation sites excluding steroid dienone is 2. The van der Waals surface area contributed by atoms with Crippen LogP contribution in [0.1, 0.15) is 39.5 Å². The number of ether oxygens (including phenoxy) is 3. The van der Waals surface area contributed by atoms with Gasteiger partial charge in [-0.15, -0.1) is 0 Å². The van der Waals surface area contributed by atoms with Crippen LogP contribution in [0.2, 0.25) is 0 Å². The van der Waals surface area contributed by atoms with Gasteiger partial charge in [0.25, 0.3) is 0 Å². The van der Waals surface area contributed by atoms with E-state index in [4.69, 9.17) is 24.9 Å². The lowest BCUT2D eigenvalue weighted by Gasteiger charge is -2.33. The van der Waals surface area contributed by atoms with Gasteiger partial charge in [-0.3, -0.25) is 4.99 Å². The zero-order chi connectivity index (χ0) is 23.8. The molecule has 33 heavy (non-hydrogen) atoms. The second-order valence-corrected chi connectivity index (χ2v) is 9.05. The fraction of sp³-hybridized carbons (Fsp3) is 0.652. The molecule has 0 bridgehead atoms. The highest BCUT2D eigenvalue weighted by Crippen LogP contribution is 2.38. The predicted octanol–water partition coefficient (Wildman–Crippen LogP) is 3.59. The second-order valence-electron chi connectivity index (χ2n) is 9.05. The maximum Gasteiger partial charge on any atom is 0.412 e. The minimum atomic E-state index is -4.37. The summed E-state index contributed by atoms with van der Waals surface area (Å²) < 4.78 is 57.1. The molecule has 2 heterocycles. The van der Waals surface area contributed by atoms with Gasteiger partial charge >= 0.3 is 6.18 Å². The van der Waals surface area contributed by atoms with Gasteiger partial charge in [-0.25, -0.2) is 4.99 Å². The summed E-state index contributed by atoms with van der Waals surface area (Å²) in [6, 6.07) is -0.941. The van der Waals surface area contributed by atoms with Crippen LogP contribution in [0.15, 0.2) is 44.9 Å². The molecule has 4 aliphatic rings. The van der Waals surface area contributed by atoms with E-state index in [1.165, 1.54) is 6.08 Å². The number of hydrogen-bond donors (Lipinski definition) is 2. The number of fused-ring (bicyclic) bond motifs is 1. The Labute approximate surface area is 191 Å². The van der Waals surface area contributed by atoms with Crippen molar-refractivity contribution in [2.45, 2.75) is 63.9 Å². The monoisotopic (exact) mass is 468 g/mol. The number of amidine groups is 2. The molecule has 2 aliphatic carbocycles. The molecular weight excluding hydrogens is 437 g/mol. The van der Waals surface area contributed by atoms with E-state index in [0.717, 1.165) is 12.1 Å². The van der Waals surface area contributed by atoms with Crippen LogP contribution in [0.25, 0.3) is 0 Å². The molecular formula is C23H31F3N4O3. The number of methoxy groups -OCH3 is 1. The first-order valence-electron chi connectivity index (χ1n) is 11.3. The molecule has 7 nitrogen and oxygen atoms in total. The Morgan fingerprint density at radius 2 is 2.12 bits per heavy atom. The van der Waals surface area contributed by atoms with Gasteiger partial charge in [-0.05, 0) is 26.7 Å². The average molecular weight is 469 g/mol. The van der Waals surface area contributed by atoms with Crippen molar-refractivity contribution in [3.63, 3.8) is 0 Å². The molecule has 0 saturated carbocycles. The summed E-state index contributed by atoms with van der Waals surface area (Å²) >= 11 is 0. The standard InChI is InChI=1S/C23H31F3N4O3/c1-12(14-6-15(23(24,25)26)8-16(27)7-14)28-22-18-9-21(33-17-4-5-32-11-17)20(31-3)10-19(18)29-13(2)30-22/h6,10,12,14,16-18H,4-5,7-9,11,27H2,1-3H3,(H,28,29,30). The molecule has 0 amide bonds. The first-order chi connectivity index (χ1) is 15.6. The highest BCUT2D eigenvalue weighted by Gasteiger charge is 2.39. The number of aliphatic imine (C=N–C) groups is 2. The van der Waals surface area contributed by atoms with Gasteiger partial charge in [0.15, 0.2) is 5.76 Å². The van der Waals surface area contributed by atoms with Crippen molar-refractivity contribution in [3.05, 3.63) is 34.9 Å². The molecule has 1 fully saturated rings. The number of nitrogens with one attached hydrogen (secondary N) is 1. The van der Waals surface area contributed by atoms with Gasteiger partial charge < -0.3 is 25.3 Å². The third-order valence-electron chi connectivity index (χ3n) is 6.45. The van der Waals surface area contributed by atoms with Crippen LogP contribution in [0.5, 0.6) is 0 Å². The van der Waals surface area contributed by atoms with E-state index in [0.29, 0.717) is 49.2 Å². The predicted molar refractivity (Wildman–Crippen MR) is 119 cm³/mol. The van der Waals surface area contributed by atoms with Crippen molar-refractivity contribution in [2.75, 3.05) is 20.3 Å². The minimum absolute atomic E-state index is 0.0316. The Morgan fingerprint density at radius 1 is 1.33 bits per heavy atom. The Hall–Kier alpha value is -2.33. The third kappa shape index (κ3) is 5.43. The maximum absolute atomic E-state index is 13.3. The highest BCUT2D eigenvalue weighted by atomic mass is 19.4. The van der Waals surface area contributed by atoms with Crippen LogP contribution in [-0.2, 0) is 14.2 Å². The molecule has 182 valence electrons. The van der Waals surface area contributed by atoms with E-state index >= 15 is 0 Å². The summed E-state index contributed by atoms with van der Waals surface area (Å²) in [5.74, 6) is 1.98. The Bertz CT molecular complexity index is 916. The molecule has 4 rings (SSSR count). The number of nitrogens with zero attached hydrogens (tertiary/aromatic N) is 2. The second kappa shape index (κ2) is 9.50. The molecule has 10 heteroatoms. The van der Waals surface area contributed by atoms with Crippen LogP contribution in [0.3, 0.4) is 0 Å². The van der Waals surface area contributed by atoms with E-state index in [-0.39, 0.29) is 18.4 Å². The zero-order valence-electron chi connectivity index (χ0n) is 19.1. The summed E-state index contributed by atoms with van der Waals surface area (Å²) in [7, 11) is 1.60. The SMILES string of the molecule is COC1=C(OC2CCOC2)CC2C(=C1)NC(C)=NC2=NC(C)C1C=C(C(F)(F)F)CC(N)C1. The molecule has 1 saturated heterocycles. The fourth-order valence-corrected chi connectivity index (χ4v) is 4.72. The van der Waals surface area contributed by atoms with E-state index in [9.17, 15) is 13.2 Å². The lowest BCUT2D eigenvalue weighted by molar-refractivity contribution is -0.0962. The van der Waals surface area contributed by atoms with E-state index < -0.39 is 29.8 Å². The van der Waals surface area contributed by atoms with E-state index in [1.807, 2.05) is 19.9 Å². The first-order valence-corrected chi connectivity index (χ1v) is 11.3. The van der Waals surface area contributed by atoms with Crippen LogP contribution in [0, 0.1) is 11.8 Å². The Kier molecular flexibility index (Phi) is 6.86. The normalized spacial score (nSPS) is 32.5. The number of hydrogen-bond acceptors (Lipinski definition) is 6. The number of alkyl halides is 3. The summed E-state index contributed by atoms with van der Waals surface area (Å²) in [5, 5.41) is 3.27. The van der Waals surface area contributed by atoms with Gasteiger partial charge in [0.2, 0.25) is 0 Å². The van der Waals surface area contributed by atoms with Crippen molar-refractivity contribution in [1.82, 2.24) is 5.32 Å².